The van der Waals surface area contributed by atoms with Crippen LogP contribution in [0.3, 0.4) is 0 Å². The quantitative estimate of drug-likeness (QED) is 0.542. The lowest BCUT2D eigenvalue weighted by Gasteiger charge is -2.33. The van der Waals surface area contributed by atoms with Crippen LogP contribution in [0.5, 0.6) is 0 Å². The van der Waals surface area contributed by atoms with Crippen molar-refractivity contribution in [3.63, 3.8) is 0 Å². The van der Waals surface area contributed by atoms with Gasteiger partial charge in [-0.25, -0.2) is 4.98 Å². The Morgan fingerprint density at radius 1 is 1.29 bits per heavy atom. The van der Waals surface area contributed by atoms with E-state index in [2.05, 4.69) is 10.3 Å². The highest BCUT2D eigenvalue weighted by molar-refractivity contribution is 6.45. The zero-order valence-corrected chi connectivity index (χ0v) is 18.5. The normalized spacial score (nSPS) is 15.2. The smallest absolute Gasteiger partial charge is 0.376 e. The Labute approximate surface area is 187 Å². The van der Waals surface area contributed by atoms with Crippen molar-refractivity contribution in [2.75, 3.05) is 18.8 Å². The van der Waals surface area contributed by atoms with Gasteiger partial charge in [-0.2, -0.15) is 0 Å². The third-order valence-electron chi connectivity index (χ3n) is 6.05. The molecular weight excluding hydrogens is 411 g/mol. The van der Waals surface area contributed by atoms with Crippen molar-refractivity contribution in [1.29, 1.82) is 0 Å². The average Bonchev–Trinajstić information content (AvgIpc) is 2.74. The molecule has 0 saturated carbocycles. The van der Waals surface area contributed by atoms with Crippen molar-refractivity contribution >= 4 is 41.1 Å². The molecule has 8 heteroatoms. The maximum absolute atomic E-state index is 13.1. The van der Waals surface area contributed by atoms with Crippen molar-refractivity contribution in [3.8, 4) is 11.1 Å². The molecule has 0 bridgehead atoms. The maximum Gasteiger partial charge on any atom is 0.376 e. The number of aryl methyl sites for hydroxylation is 1. The lowest BCUT2D eigenvalue weighted by atomic mass is 9.82. The zero-order chi connectivity index (χ0) is 22.1. The number of carbonyl (C=O) groups excluding carboxylic acids is 1. The number of nitrogens with two attached hydrogens (primary N) is 1. The van der Waals surface area contributed by atoms with Crippen LogP contribution in [0.2, 0.25) is 11.8 Å². The SMILES string of the molecule is CB(O)N1CCC(NC(=O)c2c(N)ncc3cc(-c4c(C)cccc4Cl)ccc23)CC1. The number of fused-ring (bicyclic) bond motifs is 1. The summed E-state index contributed by atoms with van der Waals surface area (Å²) in [6.45, 7) is 5.27. The lowest BCUT2D eigenvalue weighted by molar-refractivity contribution is 0.0924. The first-order valence-corrected chi connectivity index (χ1v) is 10.9. The van der Waals surface area contributed by atoms with Crippen LogP contribution in [0.4, 0.5) is 5.82 Å². The number of nitrogens with one attached hydrogen (secondary N) is 1. The van der Waals surface area contributed by atoms with Crippen molar-refractivity contribution in [2.24, 2.45) is 0 Å². The average molecular weight is 437 g/mol. The number of anilines is 1. The van der Waals surface area contributed by atoms with Crippen molar-refractivity contribution in [2.45, 2.75) is 32.6 Å². The van der Waals surface area contributed by atoms with Crippen LogP contribution in [0.1, 0.15) is 28.8 Å². The van der Waals surface area contributed by atoms with E-state index < -0.39 is 7.05 Å². The van der Waals surface area contributed by atoms with E-state index in [9.17, 15) is 9.82 Å². The third-order valence-corrected chi connectivity index (χ3v) is 6.37. The number of benzene rings is 2. The first kappa shape index (κ1) is 21.6. The number of carbonyl (C=O) groups is 1. The molecule has 2 heterocycles. The minimum atomic E-state index is -0.467. The molecule has 1 saturated heterocycles. The van der Waals surface area contributed by atoms with E-state index >= 15 is 0 Å². The molecule has 1 aromatic heterocycles. The fourth-order valence-corrected chi connectivity index (χ4v) is 4.64. The van der Waals surface area contributed by atoms with E-state index in [1.165, 1.54) is 0 Å². The molecule has 3 aromatic rings. The van der Waals surface area contributed by atoms with Gasteiger partial charge in [-0.15, -0.1) is 0 Å². The molecule has 1 amide bonds. The first-order valence-electron chi connectivity index (χ1n) is 10.5. The van der Waals surface area contributed by atoms with Crippen molar-refractivity contribution in [1.82, 2.24) is 15.1 Å². The molecule has 2 aromatic carbocycles. The standard InChI is InChI=1S/C23H26BClN4O2/c1-14-4-3-5-19(25)20(14)15-6-7-18-16(12-15)13-27-22(26)21(18)23(30)28-17-8-10-29(11-9-17)24(2)31/h3-7,12-13,17,31H,8-11H2,1-2H3,(H2,26,27)(H,28,30). The van der Waals surface area contributed by atoms with Gasteiger partial charge < -0.3 is 20.9 Å². The second-order valence-electron chi connectivity index (χ2n) is 8.17. The molecule has 31 heavy (non-hydrogen) atoms. The van der Waals surface area contributed by atoms with Crippen LogP contribution in [0.15, 0.2) is 42.6 Å². The summed E-state index contributed by atoms with van der Waals surface area (Å²) in [4.78, 5) is 19.4. The number of piperidine rings is 1. The number of hydrogen-bond acceptors (Lipinski definition) is 5. The van der Waals surface area contributed by atoms with E-state index in [0.29, 0.717) is 10.6 Å². The van der Waals surface area contributed by atoms with Gasteiger partial charge in [-0.05, 0) is 68.3 Å². The molecule has 4 N–H and O–H groups in total. The van der Waals surface area contributed by atoms with Gasteiger partial charge >= 0.3 is 7.05 Å². The summed E-state index contributed by atoms with van der Waals surface area (Å²) in [6, 6.07) is 11.7. The minimum Gasteiger partial charge on any atom is -0.437 e. The second kappa shape index (κ2) is 8.87. The van der Waals surface area contributed by atoms with E-state index in [0.717, 1.165) is 53.4 Å². The largest absolute Gasteiger partial charge is 0.437 e. The predicted octanol–water partition coefficient (Wildman–Crippen LogP) is 3.75. The Balaban J connectivity index is 1.62. The van der Waals surface area contributed by atoms with Gasteiger partial charge in [0.2, 0.25) is 0 Å². The van der Waals surface area contributed by atoms with E-state index in [4.69, 9.17) is 17.3 Å². The number of pyridine rings is 1. The molecule has 6 nitrogen and oxygen atoms in total. The Bertz CT molecular complexity index is 1110. The number of nitrogen functional groups attached to an aromatic ring is 1. The molecular formula is C23H26BClN4O2. The van der Waals surface area contributed by atoms with Crippen LogP contribution in [0, 0.1) is 6.92 Å². The summed E-state index contributed by atoms with van der Waals surface area (Å²) in [5.74, 6) is 0.000798. The van der Waals surface area contributed by atoms with Crippen LogP contribution < -0.4 is 11.1 Å². The fraction of sp³-hybridized carbons (Fsp3) is 0.304. The Morgan fingerprint density at radius 3 is 2.71 bits per heavy atom. The molecule has 1 fully saturated rings. The molecule has 0 atom stereocenters. The van der Waals surface area contributed by atoms with E-state index in [-0.39, 0.29) is 17.8 Å². The summed E-state index contributed by atoms with van der Waals surface area (Å²) >= 11 is 6.44. The van der Waals surface area contributed by atoms with Gasteiger partial charge in [-0.1, -0.05) is 35.9 Å². The summed E-state index contributed by atoms with van der Waals surface area (Å²) in [5, 5.41) is 15.1. The molecule has 1 aliphatic heterocycles. The van der Waals surface area contributed by atoms with Gasteiger partial charge in [-0.3, -0.25) is 4.79 Å². The van der Waals surface area contributed by atoms with E-state index in [1.807, 2.05) is 48.1 Å². The Kier molecular flexibility index (Phi) is 6.18. The molecule has 0 spiro atoms. The third kappa shape index (κ3) is 4.40. The minimum absolute atomic E-state index is 0.0437. The molecule has 4 rings (SSSR count). The number of halogens is 1. The highest BCUT2D eigenvalue weighted by Crippen LogP contribution is 2.34. The summed E-state index contributed by atoms with van der Waals surface area (Å²) < 4.78 is 0. The Morgan fingerprint density at radius 2 is 2.03 bits per heavy atom. The Hall–Kier alpha value is -2.61. The van der Waals surface area contributed by atoms with Gasteiger partial charge in [0.05, 0.1) is 5.56 Å². The highest BCUT2D eigenvalue weighted by atomic mass is 35.5. The maximum atomic E-state index is 13.1. The van der Waals surface area contributed by atoms with Crippen molar-refractivity contribution in [3.05, 3.63) is 58.7 Å². The van der Waals surface area contributed by atoms with E-state index in [1.54, 1.807) is 13.0 Å². The van der Waals surface area contributed by atoms with Gasteiger partial charge in [0.15, 0.2) is 0 Å². The highest BCUT2D eigenvalue weighted by Gasteiger charge is 2.26. The molecule has 0 aliphatic carbocycles. The van der Waals surface area contributed by atoms with Gasteiger partial charge in [0, 0.05) is 28.2 Å². The van der Waals surface area contributed by atoms with Gasteiger partial charge in [0.25, 0.3) is 5.91 Å². The summed E-state index contributed by atoms with van der Waals surface area (Å²) in [6.07, 6.45) is 3.26. The van der Waals surface area contributed by atoms with Crippen LogP contribution >= 0.6 is 11.6 Å². The fourth-order valence-electron chi connectivity index (χ4n) is 4.31. The number of hydrogen-bond donors (Lipinski definition) is 3. The number of nitrogens with zero attached hydrogens (tertiary/aromatic N) is 2. The predicted molar refractivity (Wildman–Crippen MR) is 127 cm³/mol. The topological polar surface area (TPSA) is 91.5 Å². The molecule has 0 radical (unpaired) electrons. The summed E-state index contributed by atoms with van der Waals surface area (Å²) in [7, 11) is -0.467. The lowest BCUT2D eigenvalue weighted by Crippen LogP contribution is -2.49. The van der Waals surface area contributed by atoms with Crippen LogP contribution in [-0.4, -0.2) is 46.9 Å². The molecule has 0 unspecified atom stereocenters. The second-order valence-corrected chi connectivity index (χ2v) is 8.57. The van der Waals surface area contributed by atoms with Crippen molar-refractivity contribution < 1.29 is 9.82 Å². The van der Waals surface area contributed by atoms with Gasteiger partial charge in [0.1, 0.15) is 5.82 Å². The molecule has 160 valence electrons. The summed E-state index contributed by atoms with van der Waals surface area (Å²) in [5.41, 5.74) is 9.54. The monoisotopic (exact) mass is 436 g/mol. The van der Waals surface area contributed by atoms with Crippen LogP contribution in [0.25, 0.3) is 21.9 Å². The first-order chi connectivity index (χ1) is 14.8. The molecule has 1 aliphatic rings. The van der Waals surface area contributed by atoms with Crippen LogP contribution in [-0.2, 0) is 0 Å². The number of aromatic nitrogens is 1. The number of amides is 1. The number of rotatable bonds is 4. The zero-order valence-electron chi connectivity index (χ0n) is 17.7.